The van der Waals surface area contributed by atoms with Crippen LogP contribution in [0.25, 0.3) is 0 Å². The molecule has 0 fully saturated rings. The van der Waals surface area contributed by atoms with Crippen LogP contribution >= 0.6 is 11.6 Å². The molecule has 0 amide bonds. The third kappa shape index (κ3) is 5.41. The summed E-state index contributed by atoms with van der Waals surface area (Å²) in [5, 5.41) is 4.25. The molecular formula is C18H22ClNO. The Balaban J connectivity index is 1.79. The molecule has 2 rings (SSSR count). The molecule has 3 heteroatoms. The highest BCUT2D eigenvalue weighted by Crippen LogP contribution is 2.18. The van der Waals surface area contributed by atoms with E-state index >= 15 is 0 Å². The number of nitrogens with one attached hydrogen (secondary N) is 1. The zero-order valence-electron chi connectivity index (χ0n) is 12.4. The molecule has 2 nitrogen and oxygen atoms in total. The maximum absolute atomic E-state index is 5.88. The quantitative estimate of drug-likeness (QED) is 0.727. The maximum atomic E-state index is 5.88. The zero-order chi connectivity index (χ0) is 14.9. The Kier molecular flexibility index (Phi) is 6.58. The summed E-state index contributed by atoms with van der Waals surface area (Å²) in [7, 11) is 0. The van der Waals surface area contributed by atoms with Gasteiger partial charge < -0.3 is 10.1 Å². The summed E-state index contributed by atoms with van der Waals surface area (Å²) in [5.74, 6) is 0.985. The average Bonchev–Trinajstić information content (AvgIpc) is 2.52. The lowest BCUT2D eigenvalue weighted by Crippen LogP contribution is -2.17. The molecule has 0 heterocycles. The molecule has 0 spiro atoms. The molecule has 0 aromatic heterocycles. The van der Waals surface area contributed by atoms with Gasteiger partial charge in [-0.15, -0.1) is 0 Å². The molecule has 0 saturated heterocycles. The van der Waals surface area contributed by atoms with Gasteiger partial charge in [0.2, 0.25) is 0 Å². The lowest BCUT2D eigenvalue weighted by Gasteiger charge is -2.11. The van der Waals surface area contributed by atoms with E-state index in [-0.39, 0.29) is 0 Å². The summed E-state index contributed by atoms with van der Waals surface area (Å²) in [6.45, 7) is 4.64. The number of hydrogen-bond acceptors (Lipinski definition) is 2. The second-order valence-corrected chi connectivity index (χ2v) is 5.45. The third-order valence-corrected chi connectivity index (χ3v) is 3.51. The monoisotopic (exact) mass is 303 g/mol. The van der Waals surface area contributed by atoms with Crippen LogP contribution in [0.1, 0.15) is 24.5 Å². The van der Waals surface area contributed by atoms with Gasteiger partial charge in [0, 0.05) is 17.1 Å². The Bertz CT molecular complexity index is 539. The molecule has 0 bridgehead atoms. The summed E-state index contributed by atoms with van der Waals surface area (Å²) >= 11 is 5.88. The number of ether oxygens (including phenoxy) is 1. The van der Waals surface area contributed by atoms with Gasteiger partial charge >= 0.3 is 0 Å². The number of hydrogen-bond donors (Lipinski definition) is 1. The second kappa shape index (κ2) is 8.71. The van der Waals surface area contributed by atoms with Crippen molar-refractivity contribution < 1.29 is 4.74 Å². The van der Waals surface area contributed by atoms with Gasteiger partial charge in [0.1, 0.15) is 5.75 Å². The Morgan fingerprint density at radius 3 is 2.57 bits per heavy atom. The first-order valence-corrected chi connectivity index (χ1v) is 7.83. The summed E-state index contributed by atoms with van der Waals surface area (Å²) < 4.78 is 5.76. The van der Waals surface area contributed by atoms with Gasteiger partial charge in [0.15, 0.2) is 0 Å². The summed E-state index contributed by atoms with van der Waals surface area (Å²) in [6, 6.07) is 16.2. The third-order valence-electron chi connectivity index (χ3n) is 3.25. The van der Waals surface area contributed by atoms with Crippen molar-refractivity contribution in [3.05, 3.63) is 64.7 Å². The second-order valence-electron chi connectivity index (χ2n) is 5.01. The van der Waals surface area contributed by atoms with Crippen molar-refractivity contribution in [2.45, 2.75) is 26.3 Å². The standard InChI is InChI=1S/C18H22ClNO/c1-2-13-21-18-6-4-3-5-16(18)14-20-12-11-15-7-9-17(19)10-8-15/h3-10,20H,2,11-14H2,1H3. The SMILES string of the molecule is CCCOc1ccccc1CNCCc1ccc(Cl)cc1. The first-order chi connectivity index (χ1) is 10.3. The van der Waals surface area contributed by atoms with E-state index in [4.69, 9.17) is 16.3 Å². The molecule has 0 radical (unpaired) electrons. The van der Waals surface area contributed by atoms with E-state index < -0.39 is 0 Å². The molecule has 2 aromatic carbocycles. The van der Waals surface area contributed by atoms with Crippen LogP contribution in [-0.4, -0.2) is 13.2 Å². The molecule has 0 aliphatic rings. The van der Waals surface area contributed by atoms with Crippen molar-refractivity contribution in [1.82, 2.24) is 5.32 Å². The highest BCUT2D eigenvalue weighted by Gasteiger charge is 2.02. The minimum absolute atomic E-state index is 0.766. The summed E-state index contributed by atoms with van der Waals surface area (Å²) in [6.07, 6.45) is 2.02. The van der Waals surface area contributed by atoms with Crippen LogP contribution in [0, 0.1) is 0 Å². The molecule has 0 unspecified atom stereocenters. The maximum Gasteiger partial charge on any atom is 0.123 e. The minimum Gasteiger partial charge on any atom is -0.493 e. The largest absolute Gasteiger partial charge is 0.493 e. The van der Waals surface area contributed by atoms with Crippen molar-refractivity contribution >= 4 is 11.6 Å². The van der Waals surface area contributed by atoms with Crippen LogP contribution in [0.15, 0.2) is 48.5 Å². The molecule has 1 N–H and O–H groups in total. The van der Waals surface area contributed by atoms with E-state index in [0.29, 0.717) is 0 Å². The first kappa shape index (κ1) is 15.9. The fourth-order valence-electron chi connectivity index (χ4n) is 2.11. The van der Waals surface area contributed by atoms with E-state index in [1.807, 2.05) is 24.3 Å². The lowest BCUT2D eigenvalue weighted by molar-refractivity contribution is 0.313. The van der Waals surface area contributed by atoms with Gasteiger partial charge in [-0.05, 0) is 43.1 Å². The van der Waals surface area contributed by atoms with Crippen LogP contribution in [-0.2, 0) is 13.0 Å². The highest BCUT2D eigenvalue weighted by molar-refractivity contribution is 6.30. The Labute approximate surface area is 132 Å². The van der Waals surface area contributed by atoms with Crippen molar-refractivity contribution in [3.8, 4) is 5.75 Å². The van der Waals surface area contributed by atoms with E-state index in [1.165, 1.54) is 11.1 Å². The lowest BCUT2D eigenvalue weighted by atomic mass is 10.1. The fraction of sp³-hybridized carbons (Fsp3) is 0.333. The molecular weight excluding hydrogens is 282 g/mol. The number of rotatable bonds is 8. The molecule has 21 heavy (non-hydrogen) atoms. The molecule has 2 aromatic rings. The summed E-state index contributed by atoms with van der Waals surface area (Å²) in [5.41, 5.74) is 2.50. The van der Waals surface area contributed by atoms with E-state index in [0.717, 1.165) is 43.3 Å². The smallest absolute Gasteiger partial charge is 0.123 e. The molecule has 112 valence electrons. The van der Waals surface area contributed by atoms with Crippen LogP contribution in [0.5, 0.6) is 5.75 Å². The number of benzene rings is 2. The molecule has 0 aliphatic carbocycles. The van der Waals surface area contributed by atoms with Gasteiger partial charge in [-0.25, -0.2) is 0 Å². The van der Waals surface area contributed by atoms with Crippen molar-refractivity contribution in [2.75, 3.05) is 13.2 Å². The average molecular weight is 304 g/mol. The van der Waals surface area contributed by atoms with Gasteiger partial charge in [0.25, 0.3) is 0 Å². The zero-order valence-corrected chi connectivity index (χ0v) is 13.2. The van der Waals surface area contributed by atoms with Gasteiger partial charge in [-0.1, -0.05) is 48.9 Å². The van der Waals surface area contributed by atoms with E-state index in [2.05, 4.69) is 36.5 Å². The predicted molar refractivity (Wildman–Crippen MR) is 89.1 cm³/mol. The van der Waals surface area contributed by atoms with Crippen molar-refractivity contribution in [3.63, 3.8) is 0 Å². The van der Waals surface area contributed by atoms with Gasteiger partial charge in [0.05, 0.1) is 6.61 Å². The predicted octanol–water partition coefficient (Wildman–Crippen LogP) is 4.46. The molecule has 0 atom stereocenters. The van der Waals surface area contributed by atoms with Crippen LogP contribution in [0.4, 0.5) is 0 Å². The van der Waals surface area contributed by atoms with Crippen LogP contribution in [0.3, 0.4) is 0 Å². The van der Waals surface area contributed by atoms with Gasteiger partial charge in [-0.3, -0.25) is 0 Å². The Morgan fingerprint density at radius 2 is 1.81 bits per heavy atom. The number of para-hydroxylation sites is 1. The van der Waals surface area contributed by atoms with Gasteiger partial charge in [-0.2, -0.15) is 0 Å². The van der Waals surface area contributed by atoms with E-state index in [1.54, 1.807) is 0 Å². The minimum atomic E-state index is 0.766. The first-order valence-electron chi connectivity index (χ1n) is 7.45. The van der Waals surface area contributed by atoms with Crippen molar-refractivity contribution in [2.24, 2.45) is 0 Å². The summed E-state index contributed by atoms with van der Waals surface area (Å²) in [4.78, 5) is 0. The number of halogens is 1. The molecule has 0 saturated carbocycles. The van der Waals surface area contributed by atoms with Crippen molar-refractivity contribution in [1.29, 1.82) is 0 Å². The Hall–Kier alpha value is -1.51. The normalized spacial score (nSPS) is 10.6. The molecule has 0 aliphatic heterocycles. The fourth-order valence-corrected chi connectivity index (χ4v) is 2.24. The topological polar surface area (TPSA) is 21.3 Å². The van der Waals surface area contributed by atoms with Crippen LogP contribution < -0.4 is 10.1 Å². The van der Waals surface area contributed by atoms with Crippen LogP contribution in [0.2, 0.25) is 5.02 Å². The Morgan fingerprint density at radius 1 is 1.05 bits per heavy atom. The highest BCUT2D eigenvalue weighted by atomic mass is 35.5. The van der Waals surface area contributed by atoms with E-state index in [9.17, 15) is 0 Å².